The van der Waals surface area contributed by atoms with Gasteiger partial charge in [-0.05, 0) is 61.4 Å². The maximum Gasteiger partial charge on any atom is 0.255 e. The molecule has 3 rings (SSSR count). The molecule has 6 nitrogen and oxygen atoms in total. The highest BCUT2D eigenvalue weighted by molar-refractivity contribution is 9.10. The van der Waals surface area contributed by atoms with Crippen LogP contribution in [0.1, 0.15) is 29.3 Å². The highest BCUT2D eigenvalue weighted by Gasteiger charge is 2.31. The fraction of sp³-hybridized carbons (Fsp3) is 0.263. The first kappa shape index (κ1) is 20.9. The first-order valence-corrected chi connectivity index (χ1v) is 12.1. The molecular formula is C19H20BrN3O3S2. The van der Waals surface area contributed by atoms with Gasteiger partial charge >= 0.3 is 0 Å². The van der Waals surface area contributed by atoms with E-state index < -0.39 is 15.4 Å². The van der Waals surface area contributed by atoms with E-state index in [0.717, 1.165) is 16.5 Å². The summed E-state index contributed by atoms with van der Waals surface area (Å²) in [6, 6.07) is 11.7. The predicted molar refractivity (Wildman–Crippen MR) is 118 cm³/mol. The van der Waals surface area contributed by atoms with E-state index in [0.29, 0.717) is 28.4 Å². The molecule has 1 aliphatic rings. The van der Waals surface area contributed by atoms with Crippen LogP contribution in [0.4, 0.5) is 5.69 Å². The van der Waals surface area contributed by atoms with Gasteiger partial charge in [0.2, 0.25) is 0 Å². The molecular weight excluding hydrogens is 462 g/mol. The molecule has 9 heteroatoms. The van der Waals surface area contributed by atoms with Gasteiger partial charge in [0.1, 0.15) is 0 Å². The molecule has 3 N–H and O–H groups in total. The molecule has 2 aromatic rings. The smallest absolute Gasteiger partial charge is 0.255 e. The molecule has 1 atom stereocenters. The highest BCUT2D eigenvalue weighted by atomic mass is 79.9. The summed E-state index contributed by atoms with van der Waals surface area (Å²) >= 11 is 4.81. The van der Waals surface area contributed by atoms with Crippen LogP contribution in [0.25, 0.3) is 0 Å². The number of nitrogens with two attached hydrogens (primary N) is 1. The number of hydrogen-bond acceptors (Lipinski definition) is 6. The topological polar surface area (TPSA) is 102 Å². The summed E-state index contributed by atoms with van der Waals surface area (Å²) in [5.41, 5.74) is 6.82. The number of nitrogens with zero attached hydrogens (tertiary/aromatic N) is 1. The largest absolute Gasteiger partial charge is 0.379 e. The van der Waals surface area contributed by atoms with Gasteiger partial charge in [-0.1, -0.05) is 27.7 Å². The van der Waals surface area contributed by atoms with Crippen LogP contribution < -0.4 is 11.1 Å². The van der Waals surface area contributed by atoms with Crippen molar-refractivity contribution in [3.63, 3.8) is 0 Å². The van der Waals surface area contributed by atoms with Crippen molar-refractivity contribution in [2.45, 2.75) is 23.8 Å². The number of halogens is 1. The molecule has 28 heavy (non-hydrogen) atoms. The number of amidine groups is 1. The van der Waals surface area contributed by atoms with E-state index >= 15 is 0 Å². The van der Waals surface area contributed by atoms with E-state index in [2.05, 4.69) is 26.2 Å². The van der Waals surface area contributed by atoms with E-state index in [1.807, 2.05) is 6.92 Å². The summed E-state index contributed by atoms with van der Waals surface area (Å²) in [6.07, 6.45) is 1.86. The average Bonchev–Trinajstić information content (AvgIpc) is 2.61. The quantitative estimate of drug-likeness (QED) is 0.691. The maximum absolute atomic E-state index is 12.6. The molecule has 148 valence electrons. The van der Waals surface area contributed by atoms with E-state index in [1.54, 1.807) is 36.4 Å². The number of amides is 1. The van der Waals surface area contributed by atoms with Crippen molar-refractivity contribution in [2.75, 3.05) is 17.3 Å². The minimum atomic E-state index is -3.48. The number of carbonyl (C=O) groups excluding carboxylic acids is 1. The van der Waals surface area contributed by atoms with Gasteiger partial charge in [0.15, 0.2) is 15.0 Å². The summed E-state index contributed by atoms with van der Waals surface area (Å²) in [6.45, 7) is 1.92. The molecule has 1 aliphatic heterocycles. The summed E-state index contributed by atoms with van der Waals surface area (Å²) in [4.78, 5) is 17.2. The minimum absolute atomic E-state index is 0.129. The van der Waals surface area contributed by atoms with Crippen molar-refractivity contribution in [2.24, 2.45) is 10.7 Å². The third-order valence-electron chi connectivity index (χ3n) is 4.52. The Morgan fingerprint density at radius 1 is 1.25 bits per heavy atom. The second-order valence-corrected chi connectivity index (χ2v) is 10.8. The van der Waals surface area contributed by atoms with Crippen molar-refractivity contribution in [3.8, 4) is 0 Å². The molecule has 0 saturated carbocycles. The van der Waals surface area contributed by atoms with E-state index in [-0.39, 0.29) is 10.8 Å². The molecule has 2 aromatic carbocycles. The molecule has 0 radical (unpaired) electrons. The van der Waals surface area contributed by atoms with Gasteiger partial charge in [-0.15, -0.1) is 0 Å². The van der Waals surface area contributed by atoms with Crippen LogP contribution in [-0.2, 0) is 15.4 Å². The lowest BCUT2D eigenvalue weighted by Gasteiger charge is -2.30. The zero-order valence-corrected chi connectivity index (χ0v) is 18.6. The van der Waals surface area contributed by atoms with Gasteiger partial charge in [0, 0.05) is 27.7 Å². The lowest BCUT2D eigenvalue weighted by molar-refractivity contribution is 0.102. The third-order valence-corrected chi connectivity index (χ3v) is 6.93. The van der Waals surface area contributed by atoms with Crippen LogP contribution in [0.15, 0.2) is 56.8 Å². The summed E-state index contributed by atoms with van der Waals surface area (Å²) in [5.74, 6) is 0.465. The zero-order valence-electron chi connectivity index (χ0n) is 15.4. The van der Waals surface area contributed by atoms with Crippen LogP contribution in [-0.4, -0.2) is 31.5 Å². The molecule has 0 spiro atoms. The number of benzene rings is 2. The van der Waals surface area contributed by atoms with Crippen LogP contribution >= 0.6 is 27.7 Å². The normalized spacial score (nSPS) is 19.8. The second-order valence-electron chi connectivity index (χ2n) is 6.80. The minimum Gasteiger partial charge on any atom is -0.379 e. The number of hydrogen-bond donors (Lipinski definition) is 2. The molecule has 0 aromatic heterocycles. The Kier molecular flexibility index (Phi) is 5.88. The van der Waals surface area contributed by atoms with E-state index in [4.69, 9.17) is 5.73 Å². The number of rotatable bonds is 4. The van der Waals surface area contributed by atoms with Gasteiger partial charge in [0.05, 0.1) is 10.4 Å². The Morgan fingerprint density at radius 2 is 1.93 bits per heavy atom. The van der Waals surface area contributed by atoms with Gasteiger partial charge in [-0.25, -0.2) is 8.42 Å². The Bertz CT molecular complexity index is 1050. The van der Waals surface area contributed by atoms with Crippen molar-refractivity contribution >= 4 is 54.3 Å². The number of nitrogens with one attached hydrogen (secondary N) is 1. The monoisotopic (exact) mass is 481 g/mol. The Labute approximate surface area is 177 Å². The number of anilines is 1. The van der Waals surface area contributed by atoms with Crippen molar-refractivity contribution in [1.82, 2.24) is 0 Å². The van der Waals surface area contributed by atoms with Crippen LogP contribution in [0.3, 0.4) is 0 Å². The first-order chi connectivity index (χ1) is 13.1. The van der Waals surface area contributed by atoms with Crippen LogP contribution in [0, 0.1) is 0 Å². The SMILES string of the molecule is CC1(c2cc(NC(=O)c3ccc(Br)cc3)cc(S(C)(=O)=O)c2)CCSC(N)=N1. The van der Waals surface area contributed by atoms with E-state index in [1.165, 1.54) is 17.8 Å². The summed E-state index contributed by atoms with van der Waals surface area (Å²) in [7, 11) is -3.48. The van der Waals surface area contributed by atoms with Gasteiger partial charge in [0.25, 0.3) is 5.91 Å². The third kappa shape index (κ3) is 4.76. The second kappa shape index (κ2) is 7.88. The Balaban J connectivity index is 2.02. The molecule has 0 aliphatic carbocycles. The van der Waals surface area contributed by atoms with Crippen LogP contribution in [0.2, 0.25) is 0 Å². The Morgan fingerprint density at radius 3 is 2.54 bits per heavy atom. The summed E-state index contributed by atoms with van der Waals surface area (Å²) < 4.78 is 25.3. The fourth-order valence-corrected chi connectivity index (χ4v) is 4.82. The standard InChI is InChI=1S/C19H20BrN3O3S2/c1-19(7-8-27-18(21)23-19)13-9-15(11-16(10-13)28(2,25)26)22-17(24)12-3-5-14(20)6-4-12/h3-6,9-11H,7-8H2,1-2H3,(H2,21,23)(H,22,24). The maximum atomic E-state index is 12.6. The molecule has 0 bridgehead atoms. The van der Waals surface area contributed by atoms with Gasteiger partial charge < -0.3 is 11.1 Å². The molecule has 1 amide bonds. The summed E-state index contributed by atoms with van der Waals surface area (Å²) in [5, 5.41) is 3.27. The average molecular weight is 482 g/mol. The highest BCUT2D eigenvalue weighted by Crippen LogP contribution is 2.37. The van der Waals surface area contributed by atoms with Gasteiger partial charge in [-0.2, -0.15) is 0 Å². The molecule has 1 unspecified atom stereocenters. The number of carbonyl (C=O) groups is 1. The zero-order chi connectivity index (χ0) is 20.5. The molecule has 0 saturated heterocycles. The van der Waals surface area contributed by atoms with Crippen molar-refractivity contribution in [1.29, 1.82) is 0 Å². The lowest BCUT2D eigenvalue weighted by Crippen LogP contribution is -2.29. The number of aliphatic imine (C=N–C) groups is 1. The number of thioether (sulfide) groups is 1. The van der Waals surface area contributed by atoms with Crippen molar-refractivity contribution in [3.05, 3.63) is 58.1 Å². The molecule has 1 heterocycles. The Hall–Kier alpha value is -1.84. The fourth-order valence-electron chi connectivity index (χ4n) is 2.90. The predicted octanol–water partition coefficient (Wildman–Crippen LogP) is 3.77. The number of sulfone groups is 1. The van der Waals surface area contributed by atoms with E-state index in [9.17, 15) is 13.2 Å². The first-order valence-electron chi connectivity index (χ1n) is 8.47. The van der Waals surface area contributed by atoms with Crippen LogP contribution in [0.5, 0.6) is 0 Å². The van der Waals surface area contributed by atoms with Crippen molar-refractivity contribution < 1.29 is 13.2 Å². The lowest BCUT2D eigenvalue weighted by atomic mass is 9.89. The van der Waals surface area contributed by atoms with Gasteiger partial charge in [-0.3, -0.25) is 9.79 Å². The molecule has 0 fully saturated rings.